The number of piperidine rings is 1. The van der Waals surface area contributed by atoms with Gasteiger partial charge >= 0.3 is 0 Å². The van der Waals surface area contributed by atoms with Gasteiger partial charge in [-0.1, -0.05) is 0 Å². The molecule has 2 heterocycles. The highest BCUT2D eigenvalue weighted by Gasteiger charge is 2.28. The minimum Gasteiger partial charge on any atom is -0.328 e. The van der Waals surface area contributed by atoms with Crippen molar-refractivity contribution in [3.63, 3.8) is 0 Å². The van der Waals surface area contributed by atoms with Gasteiger partial charge in [0.1, 0.15) is 0 Å². The molecule has 1 aromatic heterocycles. The van der Waals surface area contributed by atoms with E-state index in [1.54, 1.807) is 11.3 Å². The number of rotatable bonds is 2. The van der Waals surface area contributed by atoms with Crippen molar-refractivity contribution in [3.8, 4) is 0 Å². The summed E-state index contributed by atoms with van der Waals surface area (Å²) in [5.74, 6) is 0. The average molecular weight is 225 g/mol. The molecular weight excluding hydrogens is 206 g/mol. The van der Waals surface area contributed by atoms with Crippen LogP contribution in [-0.2, 0) is 0 Å². The van der Waals surface area contributed by atoms with E-state index in [0.29, 0.717) is 18.1 Å². The van der Waals surface area contributed by atoms with Crippen LogP contribution in [0.1, 0.15) is 38.4 Å². The molecule has 0 radical (unpaired) electrons. The minimum atomic E-state index is 0.388. The van der Waals surface area contributed by atoms with E-state index in [4.69, 9.17) is 5.73 Å². The van der Waals surface area contributed by atoms with E-state index in [1.165, 1.54) is 5.69 Å². The van der Waals surface area contributed by atoms with Crippen molar-refractivity contribution in [1.82, 2.24) is 9.88 Å². The summed E-state index contributed by atoms with van der Waals surface area (Å²) < 4.78 is 0. The van der Waals surface area contributed by atoms with Crippen LogP contribution in [0.4, 0.5) is 0 Å². The molecule has 3 nitrogen and oxygen atoms in total. The Bertz CT molecular complexity index is 299. The number of nitrogens with two attached hydrogens (primary N) is 1. The van der Waals surface area contributed by atoms with Crippen LogP contribution in [0.15, 0.2) is 10.9 Å². The molecule has 0 aromatic carbocycles. The van der Waals surface area contributed by atoms with Crippen LogP contribution in [0.5, 0.6) is 0 Å². The lowest BCUT2D eigenvalue weighted by molar-refractivity contribution is 0.102. The van der Waals surface area contributed by atoms with Crippen molar-refractivity contribution >= 4 is 11.3 Å². The molecule has 0 aliphatic carbocycles. The van der Waals surface area contributed by atoms with Gasteiger partial charge in [-0.25, -0.2) is 4.98 Å². The van der Waals surface area contributed by atoms with E-state index in [0.717, 1.165) is 19.4 Å². The molecule has 1 saturated heterocycles. The van der Waals surface area contributed by atoms with Gasteiger partial charge < -0.3 is 5.73 Å². The van der Waals surface area contributed by atoms with Gasteiger partial charge in [0.15, 0.2) is 0 Å². The summed E-state index contributed by atoms with van der Waals surface area (Å²) in [6.07, 6.45) is 2.22. The Morgan fingerprint density at radius 1 is 1.67 bits per heavy atom. The fourth-order valence-corrected chi connectivity index (χ4v) is 3.04. The van der Waals surface area contributed by atoms with E-state index >= 15 is 0 Å². The summed E-state index contributed by atoms with van der Waals surface area (Å²) in [6, 6.07) is 1.39. The van der Waals surface area contributed by atoms with Crippen molar-refractivity contribution in [2.75, 3.05) is 6.54 Å². The quantitative estimate of drug-likeness (QED) is 0.837. The van der Waals surface area contributed by atoms with Crippen molar-refractivity contribution < 1.29 is 0 Å². The average Bonchev–Trinajstić information content (AvgIpc) is 2.69. The van der Waals surface area contributed by atoms with Crippen molar-refractivity contribution in [1.29, 1.82) is 0 Å². The number of likely N-dealkylation sites (tertiary alicyclic amines) is 1. The lowest BCUT2D eigenvalue weighted by Gasteiger charge is -2.39. The molecule has 3 atom stereocenters. The maximum Gasteiger partial charge on any atom is 0.0795 e. The molecule has 0 amide bonds. The second-order valence-electron chi connectivity index (χ2n) is 4.46. The molecule has 3 unspecified atom stereocenters. The SMILES string of the molecule is CC1CC(N)CCN1C(C)c1cscn1. The minimum absolute atomic E-state index is 0.388. The molecule has 1 aliphatic heterocycles. The Hall–Kier alpha value is -0.450. The van der Waals surface area contributed by atoms with E-state index in [-0.39, 0.29) is 0 Å². The third-order valence-electron chi connectivity index (χ3n) is 3.35. The second-order valence-corrected chi connectivity index (χ2v) is 5.18. The van der Waals surface area contributed by atoms with Crippen LogP contribution >= 0.6 is 11.3 Å². The molecule has 0 saturated carbocycles. The number of aromatic nitrogens is 1. The zero-order chi connectivity index (χ0) is 10.8. The van der Waals surface area contributed by atoms with Crippen molar-refractivity contribution in [3.05, 3.63) is 16.6 Å². The van der Waals surface area contributed by atoms with E-state index in [2.05, 4.69) is 29.1 Å². The number of thiazole rings is 1. The topological polar surface area (TPSA) is 42.1 Å². The van der Waals surface area contributed by atoms with Crippen LogP contribution in [0, 0.1) is 0 Å². The standard InChI is InChI=1S/C11H19N3S/c1-8-5-10(12)3-4-14(8)9(2)11-6-15-7-13-11/h6-10H,3-5,12H2,1-2H3. The van der Waals surface area contributed by atoms with Gasteiger partial charge in [-0.05, 0) is 26.7 Å². The summed E-state index contributed by atoms with van der Waals surface area (Å²) in [4.78, 5) is 6.90. The van der Waals surface area contributed by atoms with E-state index in [9.17, 15) is 0 Å². The first kappa shape index (κ1) is 11.0. The lowest BCUT2D eigenvalue weighted by atomic mass is 9.97. The maximum absolute atomic E-state index is 5.97. The first-order chi connectivity index (χ1) is 7.18. The van der Waals surface area contributed by atoms with Crippen molar-refractivity contribution in [2.45, 2.75) is 44.8 Å². The normalized spacial score (nSPS) is 30.3. The summed E-state index contributed by atoms with van der Waals surface area (Å²) >= 11 is 1.67. The molecule has 84 valence electrons. The molecule has 0 bridgehead atoms. The van der Waals surface area contributed by atoms with Crippen LogP contribution in [-0.4, -0.2) is 28.5 Å². The van der Waals surface area contributed by atoms with Crippen LogP contribution in [0.2, 0.25) is 0 Å². The molecule has 15 heavy (non-hydrogen) atoms. The van der Waals surface area contributed by atoms with Gasteiger partial charge in [-0.2, -0.15) is 0 Å². The fraction of sp³-hybridized carbons (Fsp3) is 0.727. The summed E-state index contributed by atoms with van der Waals surface area (Å²) in [5, 5.41) is 2.14. The maximum atomic E-state index is 5.97. The van der Waals surface area contributed by atoms with Crippen LogP contribution in [0.25, 0.3) is 0 Å². The first-order valence-corrected chi connectivity index (χ1v) is 6.52. The lowest BCUT2D eigenvalue weighted by Crippen LogP contribution is -2.46. The molecule has 1 aliphatic rings. The third-order valence-corrected chi connectivity index (χ3v) is 3.95. The van der Waals surface area contributed by atoms with Gasteiger partial charge in [-0.3, -0.25) is 4.90 Å². The Balaban J connectivity index is 2.04. The number of hydrogen-bond donors (Lipinski definition) is 1. The van der Waals surface area contributed by atoms with E-state index < -0.39 is 0 Å². The van der Waals surface area contributed by atoms with Crippen molar-refractivity contribution in [2.24, 2.45) is 5.73 Å². The zero-order valence-electron chi connectivity index (χ0n) is 9.39. The number of hydrogen-bond acceptors (Lipinski definition) is 4. The summed E-state index contributed by atoms with van der Waals surface area (Å²) in [7, 11) is 0. The molecule has 4 heteroatoms. The first-order valence-electron chi connectivity index (χ1n) is 5.58. The van der Waals surface area contributed by atoms with Gasteiger partial charge in [0.05, 0.1) is 17.2 Å². The molecular formula is C11H19N3S. The largest absolute Gasteiger partial charge is 0.328 e. The molecule has 2 rings (SSSR count). The molecule has 1 aromatic rings. The number of nitrogens with zero attached hydrogens (tertiary/aromatic N) is 2. The van der Waals surface area contributed by atoms with Crippen LogP contribution in [0.3, 0.4) is 0 Å². The zero-order valence-corrected chi connectivity index (χ0v) is 10.2. The molecule has 0 spiro atoms. The van der Waals surface area contributed by atoms with Gasteiger partial charge in [0, 0.05) is 24.0 Å². The summed E-state index contributed by atoms with van der Waals surface area (Å²) in [5.41, 5.74) is 9.07. The second kappa shape index (κ2) is 4.60. The Kier molecular flexibility index (Phi) is 3.38. The van der Waals surface area contributed by atoms with Gasteiger partial charge in [0.25, 0.3) is 0 Å². The van der Waals surface area contributed by atoms with E-state index in [1.807, 2.05) is 5.51 Å². The Labute approximate surface area is 95.3 Å². The highest BCUT2D eigenvalue weighted by molar-refractivity contribution is 7.07. The molecule has 1 fully saturated rings. The highest BCUT2D eigenvalue weighted by atomic mass is 32.1. The molecule has 2 N–H and O–H groups in total. The predicted molar refractivity (Wildman–Crippen MR) is 63.9 cm³/mol. The Morgan fingerprint density at radius 3 is 3.07 bits per heavy atom. The predicted octanol–water partition coefficient (Wildman–Crippen LogP) is 2.02. The monoisotopic (exact) mass is 225 g/mol. The summed E-state index contributed by atoms with van der Waals surface area (Å²) in [6.45, 7) is 5.60. The Morgan fingerprint density at radius 2 is 2.47 bits per heavy atom. The third kappa shape index (κ3) is 2.38. The van der Waals surface area contributed by atoms with Gasteiger partial charge in [-0.15, -0.1) is 11.3 Å². The fourth-order valence-electron chi connectivity index (χ4n) is 2.40. The highest BCUT2D eigenvalue weighted by Crippen LogP contribution is 2.27. The smallest absolute Gasteiger partial charge is 0.0795 e. The van der Waals surface area contributed by atoms with Crippen LogP contribution < -0.4 is 5.73 Å². The van der Waals surface area contributed by atoms with Gasteiger partial charge in [0.2, 0.25) is 0 Å².